The van der Waals surface area contributed by atoms with Gasteiger partial charge in [0.15, 0.2) is 0 Å². The summed E-state index contributed by atoms with van der Waals surface area (Å²) in [5.74, 6) is -0.0820. The van der Waals surface area contributed by atoms with Gasteiger partial charge in [0.05, 0.1) is 24.3 Å². The molecule has 3 aromatic carbocycles. The lowest BCUT2D eigenvalue weighted by molar-refractivity contribution is -0.143. The minimum atomic E-state index is -5.02. The highest BCUT2D eigenvalue weighted by Gasteiger charge is 2.37. The van der Waals surface area contributed by atoms with Crippen molar-refractivity contribution in [3.8, 4) is 0 Å². The van der Waals surface area contributed by atoms with E-state index in [2.05, 4.69) is 10.2 Å². The highest BCUT2D eigenvalue weighted by Crippen LogP contribution is 2.37. The Kier molecular flexibility index (Phi) is 9.93. The van der Waals surface area contributed by atoms with Gasteiger partial charge in [-0.1, -0.05) is 60.7 Å². The number of nitrogens with one attached hydrogen (secondary N) is 1. The quantitative estimate of drug-likeness (QED) is 0.275. The van der Waals surface area contributed by atoms with Crippen LogP contribution in [-0.4, -0.2) is 61.8 Å². The van der Waals surface area contributed by atoms with E-state index >= 15 is 0 Å². The molecule has 1 aliphatic rings. The number of hydrogen-bond donors (Lipinski definition) is 1. The highest BCUT2D eigenvalue weighted by molar-refractivity contribution is 5.89. The maximum atomic E-state index is 13.4. The van der Waals surface area contributed by atoms with E-state index in [1.807, 2.05) is 60.7 Å². The van der Waals surface area contributed by atoms with Crippen LogP contribution in [0.5, 0.6) is 0 Å². The van der Waals surface area contributed by atoms with Crippen molar-refractivity contribution in [2.24, 2.45) is 0 Å². The molecule has 0 aliphatic carbocycles. The smallest absolute Gasteiger partial charge is 0.379 e. The Hall–Kier alpha value is -3.57. The molecule has 0 saturated carbocycles. The van der Waals surface area contributed by atoms with Crippen LogP contribution in [0.2, 0.25) is 0 Å². The average Bonchev–Trinajstić information content (AvgIpc) is 2.95. The second kappa shape index (κ2) is 13.4. The van der Waals surface area contributed by atoms with Crippen LogP contribution < -0.4 is 5.32 Å². The van der Waals surface area contributed by atoms with Crippen molar-refractivity contribution in [1.29, 1.82) is 0 Å². The molecular formula is C30H31F6N3O2. The second-order valence-corrected chi connectivity index (χ2v) is 9.83. The molecule has 220 valence electrons. The summed E-state index contributed by atoms with van der Waals surface area (Å²) in [6, 6.07) is 19.7. The maximum Gasteiger partial charge on any atom is 0.416 e. The number of morpholine rings is 1. The molecule has 4 rings (SSSR count). The first-order valence-electron chi connectivity index (χ1n) is 13.3. The van der Waals surface area contributed by atoms with Crippen LogP contribution in [0.1, 0.15) is 34.6 Å². The third kappa shape index (κ3) is 8.71. The summed E-state index contributed by atoms with van der Waals surface area (Å²) in [4.78, 5) is 16.9. The molecule has 0 aromatic heterocycles. The second-order valence-electron chi connectivity index (χ2n) is 9.83. The van der Waals surface area contributed by atoms with Crippen LogP contribution in [0.25, 0.3) is 0 Å². The van der Waals surface area contributed by atoms with Crippen LogP contribution in [0, 0.1) is 0 Å². The lowest BCUT2D eigenvalue weighted by Crippen LogP contribution is -2.44. The third-order valence-corrected chi connectivity index (χ3v) is 7.01. The number of carbonyl (C=O) groups is 1. The SMILES string of the molecule is O=C(Nc1cc(C(F)(F)F)cc(C(F)(F)F)c1)N(CCC(c1ccccc1)c1ccccc1)CCN1CCOCC1. The van der Waals surface area contributed by atoms with Crippen molar-refractivity contribution in [3.05, 3.63) is 101 Å². The van der Waals surface area contributed by atoms with Crippen LogP contribution in [0.4, 0.5) is 36.8 Å². The molecular weight excluding hydrogens is 548 g/mol. The first-order valence-corrected chi connectivity index (χ1v) is 13.3. The van der Waals surface area contributed by atoms with E-state index in [1.165, 1.54) is 4.90 Å². The molecule has 1 aliphatic heterocycles. The van der Waals surface area contributed by atoms with Gasteiger partial charge in [0.1, 0.15) is 0 Å². The standard InChI is InChI=1S/C30H31F6N3O2/c31-29(32,33)24-19-25(30(34,35)36)21-26(20-24)37-28(40)39(14-13-38-15-17-41-18-16-38)12-11-27(22-7-3-1-4-8-22)23-9-5-2-6-10-23/h1-10,19-21,27H,11-18H2,(H,37,40). The number of urea groups is 1. The number of ether oxygens (including phenoxy) is 1. The van der Waals surface area contributed by atoms with E-state index in [9.17, 15) is 31.1 Å². The van der Waals surface area contributed by atoms with Gasteiger partial charge in [0, 0.05) is 44.3 Å². The minimum absolute atomic E-state index is 0.0379. The zero-order valence-corrected chi connectivity index (χ0v) is 22.2. The first kappa shape index (κ1) is 30.4. The Labute approximate surface area is 234 Å². The van der Waals surface area contributed by atoms with E-state index in [-0.39, 0.29) is 25.1 Å². The molecule has 5 nitrogen and oxygen atoms in total. The van der Waals surface area contributed by atoms with Crippen LogP contribution in [0.15, 0.2) is 78.9 Å². The maximum absolute atomic E-state index is 13.4. The lowest BCUT2D eigenvalue weighted by Gasteiger charge is -2.31. The third-order valence-electron chi connectivity index (χ3n) is 7.01. The zero-order chi connectivity index (χ0) is 29.5. The molecule has 11 heteroatoms. The Morgan fingerprint density at radius 3 is 1.80 bits per heavy atom. The molecule has 1 saturated heterocycles. The monoisotopic (exact) mass is 579 g/mol. The Morgan fingerprint density at radius 2 is 1.32 bits per heavy atom. The van der Waals surface area contributed by atoms with Gasteiger partial charge in [0.25, 0.3) is 0 Å². The van der Waals surface area contributed by atoms with Gasteiger partial charge < -0.3 is 15.0 Å². The number of rotatable bonds is 9. The highest BCUT2D eigenvalue weighted by atomic mass is 19.4. The molecule has 41 heavy (non-hydrogen) atoms. The average molecular weight is 580 g/mol. The number of alkyl halides is 6. The Morgan fingerprint density at radius 1 is 0.805 bits per heavy atom. The van der Waals surface area contributed by atoms with Crippen molar-refractivity contribution in [2.45, 2.75) is 24.7 Å². The summed E-state index contributed by atoms with van der Waals surface area (Å²) < 4.78 is 85.7. The van der Waals surface area contributed by atoms with E-state index in [1.54, 1.807) is 0 Å². The Balaban J connectivity index is 1.58. The van der Waals surface area contributed by atoms with Gasteiger partial charge in [0.2, 0.25) is 0 Å². The van der Waals surface area contributed by atoms with Gasteiger partial charge in [-0.2, -0.15) is 26.3 Å². The summed E-state index contributed by atoms with van der Waals surface area (Å²) in [6.45, 7) is 3.34. The number of anilines is 1. The molecule has 0 unspecified atom stereocenters. The number of halogens is 6. The van der Waals surface area contributed by atoms with Crippen molar-refractivity contribution >= 4 is 11.7 Å². The minimum Gasteiger partial charge on any atom is -0.379 e. The summed E-state index contributed by atoms with van der Waals surface area (Å²) in [5, 5.41) is 2.30. The number of nitrogens with zero attached hydrogens (tertiary/aromatic N) is 2. The molecule has 1 heterocycles. The predicted molar refractivity (Wildman–Crippen MR) is 144 cm³/mol. The summed E-state index contributed by atoms with van der Waals surface area (Å²) in [7, 11) is 0. The number of benzene rings is 3. The summed E-state index contributed by atoms with van der Waals surface area (Å²) in [5.41, 5.74) is -1.50. The fraction of sp³-hybridized carbons (Fsp3) is 0.367. The van der Waals surface area contributed by atoms with Crippen molar-refractivity contribution < 1.29 is 35.9 Å². The van der Waals surface area contributed by atoms with Crippen LogP contribution in [0.3, 0.4) is 0 Å². The number of carbonyl (C=O) groups excluding carboxylic acids is 1. The fourth-order valence-electron chi connectivity index (χ4n) is 4.81. The van der Waals surface area contributed by atoms with Crippen LogP contribution >= 0.6 is 0 Å². The molecule has 1 fully saturated rings. The van der Waals surface area contributed by atoms with Gasteiger partial charge in [-0.05, 0) is 35.7 Å². The van der Waals surface area contributed by atoms with Crippen molar-refractivity contribution in [2.75, 3.05) is 51.3 Å². The fourth-order valence-corrected chi connectivity index (χ4v) is 4.81. The van der Waals surface area contributed by atoms with Crippen molar-refractivity contribution in [1.82, 2.24) is 9.80 Å². The van der Waals surface area contributed by atoms with Crippen molar-refractivity contribution in [3.63, 3.8) is 0 Å². The Bertz CT molecular complexity index is 1190. The normalized spacial score (nSPS) is 14.7. The number of amides is 2. The van der Waals surface area contributed by atoms with E-state index in [0.717, 1.165) is 11.1 Å². The molecule has 0 spiro atoms. The number of hydrogen-bond acceptors (Lipinski definition) is 3. The first-order chi connectivity index (χ1) is 19.5. The topological polar surface area (TPSA) is 44.8 Å². The molecule has 3 aromatic rings. The van der Waals surface area contributed by atoms with Gasteiger partial charge in [-0.3, -0.25) is 4.90 Å². The largest absolute Gasteiger partial charge is 0.416 e. The molecule has 0 atom stereocenters. The van der Waals surface area contributed by atoms with E-state index in [4.69, 9.17) is 4.74 Å². The molecule has 1 N–H and O–H groups in total. The zero-order valence-electron chi connectivity index (χ0n) is 22.2. The molecule has 2 amide bonds. The van der Waals surface area contributed by atoms with E-state index < -0.39 is 35.2 Å². The molecule has 0 bridgehead atoms. The van der Waals surface area contributed by atoms with Gasteiger partial charge >= 0.3 is 18.4 Å². The van der Waals surface area contributed by atoms with Crippen LogP contribution in [-0.2, 0) is 17.1 Å². The molecule has 0 radical (unpaired) electrons. The summed E-state index contributed by atoms with van der Waals surface area (Å²) >= 11 is 0. The van der Waals surface area contributed by atoms with Gasteiger partial charge in [-0.15, -0.1) is 0 Å². The van der Waals surface area contributed by atoms with Gasteiger partial charge in [-0.25, -0.2) is 4.79 Å². The lowest BCUT2D eigenvalue weighted by atomic mass is 9.88. The predicted octanol–water partition coefficient (Wildman–Crippen LogP) is 7.11. The summed E-state index contributed by atoms with van der Waals surface area (Å²) in [6.07, 6.45) is -9.55. The van der Waals surface area contributed by atoms with E-state index in [0.29, 0.717) is 51.4 Å².